The van der Waals surface area contributed by atoms with Crippen molar-refractivity contribution >= 4 is 11.6 Å². The van der Waals surface area contributed by atoms with E-state index in [1.165, 1.54) is 16.8 Å². The Balaban J connectivity index is 1.48. The van der Waals surface area contributed by atoms with Gasteiger partial charge in [-0.1, -0.05) is 59.6 Å². The molecule has 2 atom stereocenters. The fourth-order valence-corrected chi connectivity index (χ4v) is 4.36. The number of carbonyl (C=O) groups excluding carboxylic acids is 1. The Morgan fingerprint density at radius 1 is 1.12 bits per heavy atom. The lowest BCUT2D eigenvalue weighted by molar-refractivity contribution is -0.139. The molecular formula is C27H34N4O2. The van der Waals surface area contributed by atoms with Crippen molar-refractivity contribution in [3.63, 3.8) is 0 Å². The highest BCUT2D eigenvalue weighted by atomic mass is 16.5. The van der Waals surface area contributed by atoms with Gasteiger partial charge in [-0.15, -0.1) is 0 Å². The second-order valence-electron chi connectivity index (χ2n) is 9.22. The standard InChI is InChI=1S/C27H34N4O2/c1-5-21(4)31(18-25-28-26(29-33-25)22-12-8-19(2)9-13-22)27(32)23-7-6-16-30(17-23)24-14-10-20(3)11-15-24/h8-15,21,23H,5-7,16-18H2,1-4H3/t21-,23-/m1/s1. The van der Waals surface area contributed by atoms with Crippen LogP contribution in [0.25, 0.3) is 11.4 Å². The summed E-state index contributed by atoms with van der Waals surface area (Å²) >= 11 is 0. The molecular weight excluding hydrogens is 412 g/mol. The maximum absolute atomic E-state index is 13.7. The van der Waals surface area contributed by atoms with Gasteiger partial charge in [-0.25, -0.2) is 0 Å². The molecule has 2 heterocycles. The van der Waals surface area contributed by atoms with Gasteiger partial charge in [0.15, 0.2) is 0 Å². The van der Waals surface area contributed by atoms with Crippen molar-refractivity contribution in [2.24, 2.45) is 5.92 Å². The number of anilines is 1. The van der Waals surface area contributed by atoms with Crippen molar-refractivity contribution in [1.82, 2.24) is 15.0 Å². The third-order valence-corrected chi connectivity index (χ3v) is 6.66. The number of benzene rings is 2. The molecule has 1 fully saturated rings. The van der Waals surface area contributed by atoms with Gasteiger partial charge < -0.3 is 14.3 Å². The number of aromatic nitrogens is 2. The number of rotatable bonds is 7. The number of carbonyl (C=O) groups is 1. The molecule has 4 rings (SSSR count). The second-order valence-corrected chi connectivity index (χ2v) is 9.22. The van der Waals surface area contributed by atoms with E-state index in [2.05, 4.69) is 60.1 Å². The Labute approximate surface area is 196 Å². The molecule has 174 valence electrons. The molecule has 0 radical (unpaired) electrons. The first-order valence-electron chi connectivity index (χ1n) is 12.0. The second kappa shape index (κ2) is 10.2. The molecule has 1 saturated heterocycles. The van der Waals surface area contributed by atoms with Gasteiger partial charge in [-0.05, 0) is 52.2 Å². The smallest absolute Gasteiger partial charge is 0.246 e. The van der Waals surface area contributed by atoms with E-state index in [1.54, 1.807) is 0 Å². The van der Waals surface area contributed by atoms with Gasteiger partial charge in [-0.2, -0.15) is 4.98 Å². The van der Waals surface area contributed by atoms with Crippen LogP contribution in [0.15, 0.2) is 53.1 Å². The van der Waals surface area contributed by atoms with Crippen LogP contribution in [0.4, 0.5) is 5.69 Å². The summed E-state index contributed by atoms with van der Waals surface area (Å²) in [7, 11) is 0. The van der Waals surface area contributed by atoms with Gasteiger partial charge in [0.05, 0.1) is 5.92 Å². The van der Waals surface area contributed by atoms with Crippen LogP contribution >= 0.6 is 0 Å². The minimum Gasteiger partial charge on any atom is -0.371 e. The SMILES string of the molecule is CC[C@@H](C)N(Cc1nc(-c2ccc(C)cc2)no1)C(=O)[C@@H]1CCCN(c2ccc(C)cc2)C1. The lowest BCUT2D eigenvalue weighted by Crippen LogP contribution is -2.47. The molecule has 33 heavy (non-hydrogen) atoms. The molecule has 1 aromatic heterocycles. The van der Waals surface area contributed by atoms with Crippen molar-refractivity contribution in [1.29, 1.82) is 0 Å². The van der Waals surface area contributed by atoms with E-state index in [0.717, 1.165) is 37.9 Å². The molecule has 3 aromatic rings. The van der Waals surface area contributed by atoms with Crippen molar-refractivity contribution in [3.05, 3.63) is 65.5 Å². The predicted molar refractivity (Wildman–Crippen MR) is 131 cm³/mol. The number of nitrogens with zero attached hydrogens (tertiary/aromatic N) is 4. The molecule has 0 bridgehead atoms. The van der Waals surface area contributed by atoms with Crippen molar-refractivity contribution in [2.45, 2.75) is 59.5 Å². The highest BCUT2D eigenvalue weighted by molar-refractivity contribution is 5.80. The molecule has 1 aliphatic rings. The van der Waals surface area contributed by atoms with Crippen LogP contribution in [-0.4, -0.2) is 40.1 Å². The van der Waals surface area contributed by atoms with Crippen LogP contribution in [0.1, 0.15) is 50.1 Å². The van der Waals surface area contributed by atoms with E-state index >= 15 is 0 Å². The van der Waals surface area contributed by atoms with E-state index in [0.29, 0.717) is 18.3 Å². The van der Waals surface area contributed by atoms with Gasteiger partial charge in [0.1, 0.15) is 6.54 Å². The van der Waals surface area contributed by atoms with E-state index < -0.39 is 0 Å². The molecule has 0 aliphatic carbocycles. The molecule has 6 heteroatoms. The summed E-state index contributed by atoms with van der Waals surface area (Å²) in [4.78, 5) is 22.5. The van der Waals surface area contributed by atoms with Gasteiger partial charge in [0.25, 0.3) is 0 Å². The Morgan fingerprint density at radius 3 is 2.45 bits per heavy atom. The van der Waals surface area contributed by atoms with Crippen LogP contribution in [0, 0.1) is 19.8 Å². The molecule has 0 spiro atoms. The van der Waals surface area contributed by atoms with Gasteiger partial charge in [0, 0.05) is 30.4 Å². The summed E-state index contributed by atoms with van der Waals surface area (Å²) < 4.78 is 5.55. The Bertz CT molecular complexity index is 1060. The monoisotopic (exact) mass is 446 g/mol. The first-order valence-corrected chi connectivity index (χ1v) is 12.0. The normalized spacial score (nSPS) is 17.1. The van der Waals surface area contributed by atoms with Crippen molar-refractivity contribution in [3.8, 4) is 11.4 Å². The van der Waals surface area contributed by atoms with Crippen molar-refractivity contribution < 1.29 is 9.32 Å². The highest BCUT2D eigenvalue weighted by Crippen LogP contribution is 2.27. The van der Waals surface area contributed by atoms with Crippen LogP contribution in [-0.2, 0) is 11.3 Å². The summed E-state index contributed by atoms with van der Waals surface area (Å²) in [6, 6.07) is 16.7. The predicted octanol–water partition coefficient (Wildman–Crippen LogP) is 5.40. The van der Waals surface area contributed by atoms with Gasteiger partial charge in [-0.3, -0.25) is 4.79 Å². The third kappa shape index (κ3) is 5.44. The maximum Gasteiger partial charge on any atom is 0.246 e. The average Bonchev–Trinajstić information content (AvgIpc) is 3.31. The minimum atomic E-state index is -0.0338. The Morgan fingerprint density at radius 2 is 1.79 bits per heavy atom. The average molecular weight is 447 g/mol. The third-order valence-electron chi connectivity index (χ3n) is 6.66. The van der Waals surface area contributed by atoms with E-state index in [9.17, 15) is 4.79 Å². The highest BCUT2D eigenvalue weighted by Gasteiger charge is 2.32. The van der Waals surface area contributed by atoms with Crippen molar-refractivity contribution in [2.75, 3.05) is 18.0 Å². The van der Waals surface area contributed by atoms with Crippen LogP contribution in [0.3, 0.4) is 0 Å². The zero-order valence-corrected chi connectivity index (χ0v) is 20.1. The largest absolute Gasteiger partial charge is 0.371 e. The first kappa shape index (κ1) is 23.0. The molecule has 0 saturated carbocycles. The number of aryl methyl sites for hydroxylation is 2. The number of piperidine rings is 1. The van der Waals surface area contributed by atoms with Crippen LogP contribution in [0.5, 0.6) is 0 Å². The fourth-order valence-electron chi connectivity index (χ4n) is 4.36. The lowest BCUT2D eigenvalue weighted by Gasteiger charge is -2.37. The topological polar surface area (TPSA) is 62.5 Å². The fraction of sp³-hybridized carbons (Fsp3) is 0.444. The van der Waals surface area contributed by atoms with Crippen LogP contribution in [0.2, 0.25) is 0 Å². The first-order chi connectivity index (χ1) is 15.9. The molecule has 0 unspecified atom stereocenters. The zero-order chi connectivity index (χ0) is 23.4. The maximum atomic E-state index is 13.7. The lowest BCUT2D eigenvalue weighted by atomic mass is 9.95. The summed E-state index contributed by atoms with van der Waals surface area (Å²) in [6.07, 6.45) is 2.79. The number of hydrogen-bond donors (Lipinski definition) is 0. The number of amides is 1. The van der Waals surface area contributed by atoms with Gasteiger partial charge >= 0.3 is 0 Å². The molecule has 0 N–H and O–H groups in total. The Kier molecular flexibility index (Phi) is 7.11. The summed E-state index contributed by atoms with van der Waals surface area (Å²) in [6.45, 7) is 10.4. The quantitative estimate of drug-likeness (QED) is 0.486. The van der Waals surface area contributed by atoms with Gasteiger partial charge in [0.2, 0.25) is 17.6 Å². The van der Waals surface area contributed by atoms with E-state index in [1.807, 2.05) is 36.1 Å². The Hall–Kier alpha value is -3.15. The molecule has 2 aromatic carbocycles. The van der Waals surface area contributed by atoms with Crippen LogP contribution < -0.4 is 4.90 Å². The zero-order valence-electron chi connectivity index (χ0n) is 20.1. The minimum absolute atomic E-state index is 0.0338. The number of hydrogen-bond acceptors (Lipinski definition) is 5. The molecule has 1 aliphatic heterocycles. The van der Waals surface area contributed by atoms with E-state index in [4.69, 9.17) is 4.52 Å². The summed E-state index contributed by atoms with van der Waals surface area (Å²) in [5.41, 5.74) is 4.53. The molecule has 1 amide bonds. The molecule has 6 nitrogen and oxygen atoms in total. The van der Waals surface area contributed by atoms with E-state index in [-0.39, 0.29) is 17.9 Å². The summed E-state index contributed by atoms with van der Waals surface area (Å²) in [5, 5.41) is 4.15. The summed E-state index contributed by atoms with van der Waals surface area (Å²) in [5.74, 6) is 1.18.